The highest BCUT2D eigenvalue weighted by molar-refractivity contribution is 5.92. The lowest BCUT2D eigenvalue weighted by molar-refractivity contribution is -0.146. The second-order valence-corrected chi connectivity index (χ2v) is 11.4. The smallest absolute Gasteiger partial charge is 0.408 e. The van der Waals surface area contributed by atoms with Crippen molar-refractivity contribution < 1.29 is 19.1 Å². The number of amides is 3. The summed E-state index contributed by atoms with van der Waals surface area (Å²) in [5, 5.41) is 5.81. The van der Waals surface area contributed by atoms with E-state index in [-0.39, 0.29) is 23.8 Å². The van der Waals surface area contributed by atoms with E-state index in [1.165, 1.54) is 0 Å². The molecule has 1 aromatic carbocycles. The molecular formula is C27H45N3O4. The summed E-state index contributed by atoms with van der Waals surface area (Å²) < 4.78 is 5.42. The predicted molar refractivity (Wildman–Crippen MR) is 136 cm³/mol. The Kier molecular flexibility index (Phi) is 10.6. The monoisotopic (exact) mass is 475 g/mol. The topological polar surface area (TPSA) is 87.7 Å². The predicted octanol–water partition coefficient (Wildman–Crippen LogP) is 5.21. The first-order chi connectivity index (χ1) is 15.6. The summed E-state index contributed by atoms with van der Waals surface area (Å²) in [5.41, 5.74) is -0.440. The standard InChI is InChI=1S/C27H45N3O4/c1-11-19(4)30(22(20-15-13-12-14-16-20)23(31)29-26(5,6)7)24(32)21(17-18(2)3)28-25(33)34-27(8,9)10/h12-16,18-19,21-22H,11,17H2,1-10H3,(H,28,33)(H,29,31). The molecular weight excluding hydrogens is 430 g/mol. The lowest BCUT2D eigenvalue weighted by atomic mass is 9.96. The van der Waals surface area contributed by atoms with E-state index < -0.39 is 29.3 Å². The fraction of sp³-hybridized carbons (Fsp3) is 0.667. The van der Waals surface area contributed by atoms with E-state index in [0.29, 0.717) is 12.8 Å². The second kappa shape index (κ2) is 12.2. The fourth-order valence-corrected chi connectivity index (χ4v) is 3.63. The zero-order valence-electron chi connectivity index (χ0n) is 22.7. The molecule has 0 aromatic heterocycles. The molecule has 0 aliphatic rings. The van der Waals surface area contributed by atoms with E-state index in [0.717, 1.165) is 5.56 Å². The van der Waals surface area contributed by atoms with E-state index in [1.807, 2.05) is 78.8 Å². The van der Waals surface area contributed by atoms with Gasteiger partial charge in [0.05, 0.1) is 0 Å². The molecule has 1 rings (SSSR count). The van der Waals surface area contributed by atoms with Crippen LogP contribution in [0.4, 0.5) is 4.79 Å². The van der Waals surface area contributed by atoms with Gasteiger partial charge >= 0.3 is 6.09 Å². The Bertz CT molecular complexity index is 809. The van der Waals surface area contributed by atoms with Crippen molar-refractivity contribution in [2.75, 3.05) is 0 Å². The number of hydrogen-bond donors (Lipinski definition) is 2. The Labute approximate surface area is 206 Å². The normalized spacial score (nSPS) is 14.7. The third-order valence-electron chi connectivity index (χ3n) is 5.16. The molecule has 0 fully saturated rings. The molecule has 0 spiro atoms. The number of alkyl carbamates (subject to hydrolysis) is 1. The van der Waals surface area contributed by atoms with Gasteiger partial charge in [-0.1, -0.05) is 51.1 Å². The summed E-state index contributed by atoms with van der Waals surface area (Å²) in [6.45, 7) is 19.0. The molecule has 1 aromatic rings. The van der Waals surface area contributed by atoms with E-state index >= 15 is 0 Å². The van der Waals surface area contributed by atoms with Crippen molar-refractivity contribution in [1.82, 2.24) is 15.5 Å². The van der Waals surface area contributed by atoms with Crippen LogP contribution in [0.15, 0.2) is 30.3 Å². The van der Waals surface area contributed by atoms with Crippen LogP contribution in [0.2, 0.25) is 0 Å². The quantitative estimate of drug-likeness (QED) is 0.513. The van der Waals surface area contributed by atoms with Gasteiger partial charge in [0, 0.05) is 11.6 Å². The van der Waals surface area contributed by atoms with Crippen molar-refractivity contribution in [3.8, 4) is 0 Å². The first-order valence-corrected chi connectivity index (χ1v) is 12.2. The number of carbonyl (C=O) groups excluding carboxylic acids is 3. The Hall–Kier alpha value is -2.57. The van der Waals surface area contributed by atoms with Crippen molar-refractivity contribution >= 4 is 17.9 Å². The van der Waals surface area contributed by atoms with Crippen LogP contribution in [0.5, 0.6) is 0 Å². The summed E-state index contributed by atoms with van der Waals surface area (Å²) in [6.07, 6.45) is 0.428. The minimum atomic E-state index is -0.835. The molecule has 3 amide bonds. The van der Waals surface area contributed by atoms with Crippen molar-refractivity contribution in [3.05, 3.63) is 35.9 Å². The first kappa shape index (κ1) is 29.5. The first-order valence-electron chi connectivity index (χ1n) is 12.2. The largest absolute Gasteiger partial charge is 0.444 e. The number of carbonyl (C=O) groups is 3. The number of nitrogens with one attached hydrogen (secondary N) is 2. The molecule has 0 aliphatic carbocycles. The molecule has 0 radical (unpaired) electrons. The van der Waals surface area contributed by atoms with E-state index in [4.69, 9.17) is 4.74 Å². The van der Waals surface area contributed by atoms with E-state index in [1.54, 1.807) is 25.7 Å². The SMILES string of the molecule is CCC(C)N(C(=O)C(CC(C)C)NC(=O)OC(C)(C)C)C(C(=O)NC(C)(C)C)c1ccccc1. The number of hydrogen-bond acceptors (Lipinski definition) is 4. The Balaban J connectivity index is 3.49. The highest BCUT2D eigenvalue weighted by Crippen LogP contribution is 2.27. The summed E-state index contributed by atoms with van der Waals surface area (Å²) >= 11 is 0. The minimum Gasteiger partial charge on any atom is -0.444 e. The third-order valence-corrected chi connectivity index (χ3v) is 5.16. The van der Waals surface area contributed by atoms with Crippen LogP contribution < -0.4 is 10.6 Å². The molecule has 0 bridgehead atoms. The lowest BCUT2D eigenvalue weighted by Gasteiger charge is -2.39. The Morgan fingerprint density at radius 1 is 0.971 bits per heavy atom. The zero-order chi connectivity index (χ0) is 26.3. The summed E-state index contributed by atoms with van der Waals surface area (Å²) in [6, 6.07) is 7.41. The second-order valence-electron chi connectivity index (χ2n) is 11.4. The maximum Gasteiger partial charge on any atom is 0.408 e. The van der Waals surface area contributed by atoms with Gasteiger partial charge in [0.2, 0.25) is 11.8 Å². The summed E-state index contributed by atoms with van der Waals surface area (Å²) in [7, 11) is 0. The van der Waals surface area contributed by atoms with Crippen LogP contribution in [-0.2, 0) is 14.3 Å². The van der Waals surface area contributed by atoms with Crippen LogP contribution in [-0.4, -0.2) is 46.0 Å². The highest BCUT2D eigenvalue weighted by atomic mass is 16.6. The fourth-order valence-electron chi connectivity index (χ4n) is 3.63. The molecule has 0 heterocycles. The molecule has 7 nitrogen and oxygen atoms in total. The Morgan fingerprint density at radius 2 is 1.53 bits per heavy atom. The van der Waals surface area contributed by atoms with Gasteiger partial charge in [0.1, 0.15) is 17.7 Å². The van der Waals surface area contributed by atoms with Crippen LogP contribution in [0.1, 0.15) is 93.7 Å². The van der Waals surface area contributed by atoms with Crippen LogP contribution in [0.3, 0.4) is 0 Å². The molecule has 0 aliphatic heterocycles. The molecule has 7 heteroatoms. The highest BCUT2D eigenvalue weighted by Gasteiger charge is 2.39. The van der Waals surface area contributed by atoms with Crippen LogP contribution in [0, 0.1) is 5.92 Å². The number of rotatable bonds is 9. The van der Waals surface area contributed by atoms with Crippen LogP contribution in [0.25, 0.3) is 0 Å². The lowest BCUT2D eigenvalue weighted by Crippen LogP contribution is -2.57. The Morgan fingerprint density at radius 3 is 1.97 bits per heavy atom. The maximum atomic E-state index is 14.0. The summed E-state index contributed by atoms with van der Waals surface area (Å²) in [4.78, 5) is 41.8. The number of ether oxygens (including phenoxy) is 1. The van der Waals surface area contributed by atoms with Crippen molar-refractivity contribution in [1.29, 1.82) is 0 Å². The van der Waals surface area contributed by atoms with Crippen molar-refractivity contribution in [3.63, 3.8) is 0 Å². The van der Waals surface area contributed by atoms with Gasteiger partial charge in [-0.05, 0) is 72.8 Å². The number of nitrogens with zero attached hydrogens (tertiary/aromatic N) is 1. The van der Waals surface area contributed by atoms with Gasteiger partial charge in [0.25, 0.3) is 0 Å². The summed E-state index contributed by atoms with van der Waals surface area (Å²) in [5.74, 6) is -0.416. The molecule has 0 saturated carbocycles. The van der Waals surface area contributed by atoms with Gasteiger partial charge < -0.3 is 20.3 Å². The van der Waals surface area contributed by atoms with E-state index in [9.17, 15) is 14.4 Å². The van der Waals surface area contributed by atoms with E-state index in [2.05, 4.69) is 10.6 Å². The van der Waals surface area contributed by atoms with Crippen molar-refractivity contribution in [2.24, 2.45) is 5.92 Å². The minimum absolute atomic E-state index is 0.140. The zero-order valence-corrected chi connectivity index (χ0v) is 22.7. The maximum absolute atomic E-state index is 14.0. The van der Waals surface area contributed by atoms with Gasteiger partial charge in [-0.2, -0.15) is 0 Å². The van der Waals surface area contributed by atoms with Gasteiger partial charge in [-0.3, -0.25) is 9.59 Å². The average molecular weight is 476 g/mol. The average Bonchev–Trinajstić information content (AvgIpc) is 2.67. The van der Waals surface area contributed by atoms with Crippen LogP contribution >= 0.6 is 0 Å². The van der Waals surface area contributed by atoms with Gasteiger partial charge in [0.15, 0.2) is 0 Å². The molecule has 3 unspecified atom stereocenters. The van der Waals surface area contributed by atoms with Gasteiger partial charge in [-0.15, -0.1) is 0 Å². The molecule has 34 heavy (non-hydrogen) atoms. The van der Waals surface area contributed by atoms with Crippen molar-refractivity contribution in [2.45, 2.75) is 111 Å². The molecule has 3 atom stereocenters. The molecule has 192 valence electrons. The molecule has 0 saturated heterocycles. The molecule has 2 N–H and O–H groups in total. The number of benzene rings is 1. The third kappa shape index (κ3) is 9.74. The van der Waals surface area contributed by atoms with Gasteiger partial charge in [-0.25, -0.2) is 4.79 Å².